The highest BCUT2D eigenvalue weighted by Gasteiger charge is 2.60. The second-order valence-electron chi connectivity index (χ2n) is 28.6. The Bertz CT molecular complexity index is 1950. The van der Waals surface area contributed by atoms with Crippen molar-refractivity contribution in [1.82, 2.24) is 10.6 Å². The van der Waals surface area contributed by atoms with E-state index in [1.165, 1.54) is 218 Å². The van der Waals surface area contributed by atoms with Crippen molar-refractivity contribution in [1.29, 1.82) is 0 Å². The molecule has 2 amide bonds. The number of aliphatic carboxylic acids is 1. The topological polar surface area (TPSA) is 373 Å². The maximum absolute atomic E-state index is 13.5. The third-order valence-electron chi connectivity index (χ3n) is 20.1. The molecular weight excluding hydrogens is 1250 g/mol. The number of ether oxygens (including phenoxy) is 6. The monoisotopic (exact) mass is 1390 g/mol. The van der Waals surface area contributed by atoms with Gasteiger partial charge in [0.15, 0.2) is 12.6 Å². The van der Waals surface area contributed by atoms with E-state index in [0.29, 0.717) is 19.3 Å². The van der Waals surface area contributed by atoms with Gasteiger partial charge in [-0.25, -0.2) is 4.79 Å². The van der Waals surface area contributed by atoms with Crippen molar-refractivity contribution >= 4 is 17.8 Å². The van der Waals surface area contributed by atoms with Crippen LogP contribution < -0.4 is 10.6 Å². The Morgan fingerprint density at radius 3 is 1.29 bits per heavy atom. The van der Waals surface area contributed by atoms with Crippen molar-refractivity contribution in [2.75, 3.05) is 26.4 Å². The van der Waals surface area contributed by atoms with Gasteiger partial charge in [-0.1, -0.05) is 284 Å². The average Bonchev–Trinajstić information content (AvgIpc) is 0.757. The molecule has 3 aliphatic heterocycles. The van der Waals surface area contributed by atoms with Gasteiger partial charge in [-0.15, -0.1) is 0 Å². The Kier molecular flexibility index (Phi) is 49.9. The van der Waals surface area contributed by atoms with Crippen LogP contribution in [0.25, 0.3) is 0 Å². The smallest absolute Gasteiger partial charge is 0.364 e. The van der Waals surface area contributed by atoms with Gasteiger partial charge in [-0.05, 0) is 12.8 Å². The Balaban J connectivity index is 1.54. The number of aliphatic hydroxyl groups is 11. The maximum atomic E-state index is 13.5. The van der Waals surface area contributed by atoms with Crippen LogP contribution in [0.5, 0.6) is 0 Å². The fourth-order valence-corrected chi connectivity index (χ4v) is 13.9. The summed E-state index contributed by atoms with van der Waals surface area (Å²) in [4.78, 5) is 38.7. The minimum atomic E-state index is -3.08. The lowest BCUT2D eigenvalue weighted by Gasteiger charge is -2.50. The summed E-state index contributed by atoms with van der Waals surface area (Å²) in [5, 5.41) is 136. The Morgan fingerprint density at radius 2 is 0.897 bits per heavy atom. The molecule has 14 N–H and O–H groups in total. The Labute approximate surface area is 582 Å². The number of unbranched alkanes of at least 4 members (excludes halogenated alkanes) is 41. The molecule has 0 saturated carbocycles. The average molecular weight is 1390 g/mol. The minimum absolute atomic E-state index is 0.230. The number of rotatable bonds is 61. The number of aliphatic hydroxyl groups excluding tert-OH is 11. The van der Waals surface area contributed by atoms with Gasteiger partial charge in [-0.2, -0.15) is 0 Å². The summed E-state index contributed by atoms with van der Waals surface area (Å²) in [5.41, 5.74) is 0. The van der Waals surface area contributed by atoms with E-state index in [2.05, 4.69) is 24.5 Å². The first kappa shape index (κ1) is 88.9. The fraction of sp³-hybridized carbons (Fsp3) is 0.959. The number of carboxylic acid groups (broad SMARTS) is 1. The van der Waals surface area contributed by atoms with Crippen LogP contribution in [0.1, 0.15) is 316 Å². The molecule has 18 atom stereocenters. The van der Waals surface area contributed by atoms with Crippen molar-refractivity contribution in [3.8, 4) is 0 Å². The van der Waals surface area contributed by atoms with Crippen molar-refractivity contribution in [3.05, 3.63) is 0 Å². The molecule has 572 valence electrons. The van der Waals surface area contributed by atoms with E-state index in [4.69, 9.17) is 28.4 Å². The van der Waals surface area contributed by atoms with Crippen LogP contribution in [0.3, 0.4) is 0 Å². The largest absolute Gasteiger partial charge is 0.477 e. The molecule has 3 heterocycles. The highest BCUT2D eigenvalue weighted by Crippen LogP contribution is 2.39. The molecule has 3 saturated heterocycles. The van der Waals surface area contributed by atoms with Crippen molar-refractivity contribution in [2.24, 2.45) is 0 Å². The first-order chi connectivity index (χ1) is 46.9. The normalized spacial score (nSPS) is 27.3. The molecule has 0 spiro atoms. The second-order valence-corrected chi connectivity index (χ2v) is 28.6. The number of hydrogen-bond acceptors (Lipinski definition) is 20. The molecule has 0 bridgehead atoms. The van der Waals surface area contributed by atoms with Crippen LogP contribution in [0.2, 0.25) is 0 Å². The van der Waals surface area contributed by atoms with Crippen molar-refractivity contribution in [3.63, 3.8) is 0 Å². The van der Waals surface area contributed by atoms with E-state index in [9.17, 15) is 75.7 Å². The summed E-state index contributed by atoms with van der Waals surface area (Å²) in [6, 6.07) is -2.53. The van der Waals surface area contributed by atoms with Gasteiger partial charge >= 0.3 is 5.97 Å². The highest BCUT2D eigenvalue weighted by molar-refractivity contribution is 5.77. The molecular formula is C74H140N2O21. The van der Waals surface area contributed by atoms with E-state index < -0.39 is 148 Å². The molecule has 3 aliphatic rings. The Hall–Kier alpha value is -2.27. The van der Waals surface area contributed by atoms with Crippen molar-refractivity contribution in [2.45, 2.75) is 426 Å². The highest BCUT2D eigenvalue weighted by atomic mass is 16.8. The molecule has 3 rings (SSSR count). The van der Waals surface area contributed by atoms with E-state index in [1.54, 1.807) is 0 Å². The molecule has 18 unspecified atom stereocenters. The number of nitrogens with one attached hydrogen (secondary N) is 2. The lowest BCUT2D eigenvalue weighted by Crippen LogP contribution is -2.70. The minimum Gasteiger partial charge on any atom is -0.477 e. The number of carboxylic acids is 1. The zero-order valence-electron chi connectivity index (χ0n) is 60.2. The SMILES string of the molecule is CCCCCCCCCCCCCCCCCCCCCCCCC(O)C(COC1OC(CO)C(OC2OC(CO)C(O)C(OC3(C(=O)O)CC(O)C(NC(C)=O)C(C(O)C(O)CO)O3)C2O)C(O)C1O)NC(=O)CCCCCCCCCCCCCCCCCCCCCCC. The third kappa shape index (κ3) is 35.7. The maximum Gasteiger partial charge on any atom is 0.364 e. The van der Waals surface area contributed by atoms with Crippen LogP contribution in [0.15, 0.2) is 0 Å². The fourth-order valence-electron chi connectivity index (χ4n) is 13.9. The second kappa shape index (κ2) is 54.4. The lowest BCUT2D eigenvalue weighted by atomic mass is 9.88. The van der Waals surface area contributed by atoms with E-state index in [1.807, 2.05) is 0 Å². The molecule has 3 fully saturated rings. The van der Waals surface area contributed by atoms with Gasteiger partial charge in [0.2, 0.25) is 11.8 Å². The number of carbonyl (C=O) groups is 3. The first-order valence-electron chi connectivity index (χ1n) is 38.9. The van der Waals surface area contributed by atoms with Gasteiger partial charge in [0.05, 0.1) is 50.7 Å². The molecule has 0 aromatic carbocycles. The Morgan fingerprint density at radius 1 is 0.495 bits per heavy atom. The zero-order chi connectivity index (χ0) is 71.1. The standard InChI is InChI=1S/C74H140N2O21/c1-4-6-8-10-12-14-16-18-20-22-24-26-28-29-31-33-35-37-39-41-43-45-47-56(81)55(76-61(84)48-46-44-42-40-38-36-34-32-30-27-25-23-21-19-17-15-13-11-9-7-5-2)53-92-71-66(88)65(87)68(60(52-79)94-71)95-72-67(89)70(64(86)59(51-78)93-72)97-74(73(90)91)49-57(82)62(75-54(3)80)69(96-74)63(85)58(83)50-77/h55-60,62-72,77-79,81-83,85-89H,4-53H2,1-3H3,(H,75,80)(H,76,84)(H,90,91). The van der Waals surface area contributed by atoms with Crippen LogP contribution in [-0.4, -0.2) is 215 Å². The van der Waals surface area contributed by atoms with Crippen LogP contribution >= 0.6 is 0 Å². The molecule has 0 radical (unpaired) electrons. The predicted molar refractivity (Wildman–Crippen MR) is 371 cm³/mol. The predicted octanol–water partition coefficient (Wildman–Crippen LogP) is 9.24. The molecule has 23 heteroatoms. The number of amides is 2. The van der Waals surface area contributed by atoms with Crippen LogP contribution in [0.4, 0.5) is 0 Å². The zero-order valence-corrected chi connectivity index (χ0v) is 60.2. The van der Waals surface area contributed by atoms with Crippen LogP contribution in [-0.2, 0) is 42.8 Å². The van der Waals surface area contributed by atoms with Crippen molar-refractivity contribution < 1.29 is 104 Å². The van der Waals surface area contributed by atoms with E-state index in [-0.39, 0.29) is 18.9 Å². The summed E-state index contributed by atoms with van der Waals surface area (Å²) in [6.45, 7) is 2.26. The number of carbonyl (C=O) groups excluding carboxylic acids is 2. The molecule has 0 aromatic heterocycles. The third-order valence-corrected chi connectivity index (χ3v) is 20.1. The van der Waals surface area contributed by atoms with E-state index >= 15 is 0 Å². The molecule has 0 aliphatic carbocycles. The summed E-state index contributed by atoms with van der Waals surface area (Å²) in [5.74, 6) is -6.09. The number of hydrogen-bond donors (Lipinski definition) is 14. The van der Waals surface area contributed by atoms with E-state index in [0.717, 1.165) is 51.9 Å². The van der Waals surface area contributed by atoms with Gasteiger partial charge < -0.3 is 100 Å². The first-order valence-corrected chi connectivity index (χ1v) is 38.9. The van der Waals surface area contributed by atoms with Gasteiger partial charge in [0.1, 0.15) is 67.1 Å². The lowest BCUT2D eigenvalue weighted by molar-refractivity contribution is -0.386. The van der Waals surface area contributed by atoms with Gasteiger partial charge in [-0.3, -0.25) is 9.59 Å². The molecule has 23 nitrogen and oxygen atoms in total. The summed E-state index contributed by atoms with van der Waals surface area (Å²) >= 11 is 0. The summed E-state index contributed by atoms with van der Waals surface area (Å²) in [7, 11) is 0. The summed E-state index contributed by atoms with van der Waals surface area (Å²) in [6.07, 6.45) is 25.2. The summed E-state index contributed by atoms with van der Waals surface area (Å²) < 4.78 is 35.0. The quantitative estimate of drug-likeness (QED) is 0.0252. The van der Waals surface area contributed by atoms with Gasteiger partial charge in [0, 0.05) is 19.8 Å². The van der Waals surface area contributed by atoms with Gasteiger partial charge in [0.25, 0.3) is 5.79 Å². The molecule has 97 heavy (non-hydrogen) atoms. The van der Waals surface area contributed by atoms with Crippen LogP contribution in [0, 0.1) is 0 Å². The molecule has 0 aromatic rings.